The predicted octanol–water partition coefficient (Wildman–Crippen LogP) is 13.8. The van der Waals surface area contributed by atoms with Crippen LogP contribution in [0.15, 0.2) is 12.2 Å². The van der Waals surface area contributed by atoms with Gasteiger partial charge in [0.05, 0.1) is 25.4 Å². The lowest BCUT2D eigenvalue weighted by molar-refractivity contribution is -0.143. The fourth-order valence-corrected chi connectivity index (χ4v) is 7.34. The molecule has 1 amide bonds. The van der Waals surface area contributed by atoms with Gasteiger partial charge in [0, 0.05) is 12.8 Å². The smallest absolute Gasteiger partial charge is 0.305 e. The van der Waals surface area contributed by atoms with Gasteiger partial charge in [-0.25, -0.2) is 0 Å². The van der Waals surface area contributed by atoms with E-state index in [0.717, 1.165) is 57.8 Å². The van der Waals surface area contributed by atoms with Gasteiger partial charge < -0.3 is 20.3 Å². The van der Waals surface area contributed by atoms with Gasteiger partial charge in [-0.3, -0.25) is 9.59 Å². The van der Waals surface area contributed by atoms with Gasteiger partial charge in [-0.1, -0.05) is 225 Å². The van der Waals surface area contributed by atoms with Crippen molar-refractivity contribution < 1.29 is 24.5 Å². The van der Waals surface area contributed by atoms with Crippen LogP contribution in [-0.4, -0.2) is 47.4 Å². The molecule has 2 atom stereocenters. The molecule has 0 radical (unpaired) electrons. The van der Waals surface area contributed by atoms with Crippen LogP contribution in [-0.2, 0) is 14.3 Å². The number of carbonyl (C=O) groups excluding carboxylic acids is 2. The number of rotatable bonds is 44. The summed E-state index contributed by atoms with van der Waals surface area (Å²) >= 11 is 0. The molecule has 0 aromatic carbocycles. The van der Waals surface area contributed by atoms with Gasteiger partial charge in [0.2, 0.25) is 5.91 Å². The Hall–Kier alpha value is -1.40. The lowest BCUT2D eigenvalue weighted by Crippen LogP contribution is -2.45. The minimum absolute atomic E-state index is 0.00319. The fourth-order valence-electron chi connectivity index (χ4n) is 7.34. The van der Waals surface area contributed by atoms with Crippen molar-refractivity contribution in [1.29, 1.82) is 0 Å². The number of carbonyl (C=O) groups is 2. The second kappa shape index (κ2) is 44.3. The van der Waals surface area contributed by atoms with E-state index in [1.165, 1.54) is 173 Å². The van der Waals surface area contributed by atoms with E-state index in [1.54, 1.807) is 6.08 Å². The minimum Gasteiger partial charge on any atom is -0.466 e. The van der Waals surface area contributed by atoms with Crippen molar-refractivity contribution in [2.24, 2.45) is 0 Å². The summed E-state index contributed by atoms with van der Waals surface area (Å²) in [6, 6.07) is -0.632. The zero-order chi connectivity index (χ0) is 39.4. The van der Waals surface area contributed by atoms with Crippen LogP contribution in [0.1, 0.15) is 258 Å². The zero-order valence-electron chi connectivity index (χ0n) is 36.2. The third-order valence-electron chi connectivity index (χ3n) is 11.1. The van der Waals surface area contributed by atoms with Crippen molar-refractivity contribution in [1.82, 2.24) is 5.32 Å². The number of hydrogen-bond donors (Lipinski definition) is 3. The summed E-state index contributed by atoms with van der Waals surface area (Å²) in [7, 11) is 0. The van der Waals surface area contributed by atoms with Crippen LogP contribution >= 0.6 is 0 Å². The molecule has 3 N–H and O–H groups in total. The molecule has 0 saturated carbocycles. The fraction of sp³-hybridized carbons (Fsp3) is 0.917. The molecule has 0 heterocycles. The Labute approximate surface area is 336 Å². The Morgan fingerprint density at radius 3 is 1.26 bits per heavy atom. The lowest BCUT2D eigenvalue weighted by Gasteiger charge is -2.20. The Bertz CT molecular complexity index is 802. The van der Waals surface area contributed by atoms with Crippen molar-refractivity contribution in [2.45, 2.75) is 270 Å². The molecule has 0 aromatic rings. The van der Waals surface area contributed by atoms with Crippen molar-refractivity contribution in [3.63, 3.8) is 0 Å². The maximum atomic E-state index is 12.4. The van der Waals surface area contributed by atoms with Crippen LogP contribution in [0.4, 0.5) is 0 Å². The van der Waals surface area contributed by atoms with E-state index in [4.69, 9.17) is 4.74 Å². The van der Waals surface area contributed by atoms with E-state index < -0.39 is 12.1 Å². The third kappa shape index (κ3) is 40.3. The van der Waals surface area contributed by atoms with Gasteiger partial charge in [0.1, 0.15) is 0 Å². The van der Waals surface area contributed by atoms with Crippen molar-refractivity contribution in [3.05, 3.63) is 12.2 Å². The van der Waals surface area contributed by atoms with Gasteiger partial charge in [-0.15, -0.1) is 0 Å². The van der Waals surface area contributed by atoms with Crippen LogP contribution in [0.2, 0.25) is 0 Å². The van der Waals surface area contributed by atoms with E-state index in [-0.39, 0.29) is 18.5 Å². The van der Waals surface area contributed by atoms with Crippen LogP contribution < -0.4 is 5.32 Å². The second-order valence-electron chi connectivity index (χ2n) is 16.5. The molecule has 320 valence electrons. The minimum atomic E-state index is -0.848. The molecule has 6 nitrogen and oxygen atoms in total. The number of esters is 1. The first-order chi connectivity index (χ1) is 26.5. The molecule has 0 bridgehead atoms. The third-order valence-corrected chi connectivity index (χ3v) is 11.1. The molecule has 0 aliphatic heterocycles. The molecular formula is C48H93NO5. The highest BCUT2D eigenvalue weighted by molar-refractivity contribution is 5.76. The number of unbranched alkanes of at least 4 members (excludes halogenated alkanes) is 33. The SMILES string of the molecule is CCCCCCCCCCC/C=C/C(O)C(CO)NC(=O)CCCCCCCCCCCCCCCCOC(=O)CCCCCCCCCCCCCC. The highest BCUT2D eigenvalue weighted by Crippen LogP contribution is 2.16. The van der Waals surface area contributed by atoms with Crippen molar-refractivity contribution in [3.8, 4) is 0 Å². The molecule has 0 fully saturated rings. The summed E-state index contributed by atoms with van der Waals surface area (Å²) in [6.07, 6.45) is 49.1. The molecule has 0 saturated heterocycles. The number of aliphatic hydroxyl groups is 2. The average Bonchev–Trinajstić information content (AvgIpc) is 3.17. The number of hydrogen-bond acceptors (Lipinski definition) is 5. The van der Waals surface area contributed by atoms with Crippen LogP contribution in [0.5, 0.6) is 0 Å². The Balaban J connectivity index is 3.46. The molecule has 2 unspecified atom stereocenters. The second-order valence-corrected chi connectivity index (χ2v) is 16.5. The Kier molecular flexibility index (Phi) is 43.2. The van der Waals surface area contributed by atoms with Crippen LogP contribution in [0, 0.1) is 0 Å². The topological polar surface area (TPSA) is 95.9 Å². The van der Waals surface area contributed by atoms with Crippen molar-refractivity contribution >= 4 is 11.9 Å². The normalized spacial score (nSPS) is 12.7. The van der Waals surface area contributed by atoms with Crippen LogP contribution in [0.3, 0.4) is 0 Å². The number of ether oxygens (including phenoxy) is 1. The molecule has 54 heavy (non-hydrogen) atoms. The highest BCUT2D eigenvalue weighted by atomic mass is 16.5. The molecule has 0 aromatic heterocycles. The maximum Gasteiger partial charge on any atom is 0.305 e. The first-order valence-corrected chi connectivity index (χ1v) is 24.0. The monoisotopic (exact) mass is 764 g/mol. The van der Waals surface area contributed by atoms with Gasteiger partial charge in [-0.05, 0) is 32.1 Å². The average molecular weight is 764 g/mol. The summed E-state index contributed by atoms with van der Waals surface area (Å²) in [5.74, 6) is -0.0827. The van der Waals surface area contributed by atoms with Crippen molar-refractivity contribution in [2.75, 3.05) is 13.2 Å². The van der Waals surface area contributed by atoms with Gasteiger partial charge in [0.15, 0.2) is 0 Å². The number of allylic oxidation sites excluding steroid dienone is 1. The van der Waals surface area contributed by atoms with E-state index in [0.29, 0.717) is 19.4 Å². The van der Waals surface area contributed by atoms with E-state index in [1.807, 2.05) is 6.08 Å². The van der Waals surface area contributed by atoms with E-state index in [9.17, 15) is 19.8 Å². The molecule has 0 aliphatic carbocycles. The first-order valence-electron chi connectivity index (χ1n) is 24.0. The van der Waals surface area contributed by atoms with E-state index >= 15 is 0 Å². The summed E-state index contributed by atoms with van der Waals surface area (Å²) in [5, 5.41) is 22.9. The number of aliphatic hydroxyl groups excluding tert-OH is 2. The summed E-state index contributed by atoms with van der Waals surface area (Å²) in [6.45, 7) is 4.86. The first kappa shape index (κ1) is 52.6. The molecule has 0 rings (SSSR count). The number of amides is 1. The molecule has 0 spiro atoms. The van der Waals surface area contributed by atoms with E-state index in [2.05, 4.69) is 19.2 Å². The highest BCUT2D eigenvalue weighted by Gasteiger charge is 2.18. The predicted molar refractivity (Wildman–Crippen MR) is 232 cm³/mol. The Morgan fingerprint density at radius 2 is 0.852 bits per heavy atom. The van der Waals surface area contributed by atoms with Gasteiger partial charge in [-0.2, -0.15) is 0 Å². The lowest BCUT2D eigenvalue weighted by atomic mass is 10.0. The summed E-state index contributed by atoms with van der Waals surface area (Å²) < 4.78 is 5.45. The summed E-state index contributed by atoms with van der Waals surface area (Å²) in [4.78, 5) is 24.3. The van der Waals surface area contributed by atoms with Crippen LogP contribution in [0.25, 0.3) is 0 Å². The standard InChI is InChI=1S/C48H93NO5/c1-3-5-7-9-11-13-15-22-26-30-34-38-42-48(53)54-43-39-35-31-27-23-19-17-16-18-21-25-29-33-37-41-47(52)49-45(44-50)46(51)40-36-32-28-24-20-14-12-10-8-6-4-2/h36,40,45-46,50-51H,3-35,37-39,41-44H2,1-2H3,(H,49,52)/b40-36+. The zero-order valence-corrected chi connectivity index (χ0v) is 36.2. The maximum absolute atomic E-state index is 12.4. The number of nitrogens with one attached hydrogen (secondary N) is 1. The molecular weight excluding hydrogens is 671 g/mol. The van der Waals surface area contributed by atoms with Gasteiger partial charge >= 0.3 is 5.97 Å². The largest absolute Gasteiger partial charge is 0.466 e. The van der Waals surface area contributed by atoms with Gasteiger partial charge in [0.25, 0.3) is 0 Å². The summed E-state index contributed by atoms with van der Waals surface area (Å²) in [5.41, 5.74) is 0. The molecule has 0 aliphatic rings. The quantitative estimate of drug-likeness (QED) is 0.0326. The molecule has 6 heteroatoms. The Morgan fingerprint density at radius 1 is 0.500 bits per heavy atom.